The van der Waals surface area contributed by atoms with Gasteiger partial charge in [0.1, 0.15) is 6.61 Å². The van der Waals surface area contributed by atoms with Crippen LogP contribution in [0, 0.1) is 5.92 Å². The van der Waals surface area contributed by atoms with Crippen LogP contribution in [0.5, 0.6) is 0 Å². The van der Waals surface area contributed by atoms with Gasteiger partial charge in [-0.15, -0.1) is 0 Å². The number of carboxylic acids is 1. The molecule has 0 heterocycles. The number of aliphatic carboxylic acids is 1. The van der Waals surface area contributed by atoms with E-state index in [1.807, 2.05) is 0 Å². The van der Waals surface area contributed by atoms with E-state index in [1.165, 1.54) is 154 Å². The van der Waals surface area contributed by atoms with Gasteiger partial charge in [0.25, 0.3) is 0 Å². The second-order valence-electron chi connectivity index (χ2n) is 12.2. The Hall–Kier alpha value is -1.58. The van der Waals surface area contributed by atoms with E-state index in [-0.39, 0.29) is 13.0 Å². The van der Waals surface area contributed by atoms with Crippen LogP contribution >= 0.6 is 0 Å². The number of unbranched alkanes of at least 4 members (excludes halogenated alkanes) is 24. The van der Waals surface area contributed by atoms with E-state index in [2.05, 4.69) is 25.7 Å². The Bertz CT molecular complexity index is 612. The molecule has 0 aromatic rings. The Morgan fingerprint density at radius 3 is 1.34 bits per heavy atom. The summed E-state index contributed by atoms with van der Waals surface area (Å²) >= 11 is 0. The number of carbonyl (C=O) groups is 2. The van der Waals surface area contributed by atoms with Gasteiger partial charge in [0, 0.05) is 0 Å². The van der Waals surface area contributed by atoms with Gasteiger partial charge in [0.05, 0.1) is 12.3 Å². The Kier molecular flexibility index (Phi) is 31.7. The topological polar surface area (TPSA) is 63.6 Å². The van der Waals surface area contributed by atoms with Gasteiger partial charge in [-0.1, -0.05) is 173 Å². The van der Waals surface area contributed by atoms with Crippen LogP contribution in [-0.4, -0.2) is 23.7 Å². The number of rotatable bonds is 33. The van der Waals surface area contributed by atoms with Crippen molar-refractivity contribution in [3.05, 3.63) is 24.8 Å². The van der Waals surface area contributed by atoms with E-state index in [0.717, 1.165) is 19.3 Å². The fourth-order valence-corrected chi connectivity index (χ4v) is 5.53. The van der Waals surface area contributed by atoms with Gasteiger partial charge in [0.2, 0.25) is 0 Å². The van der Waals surface area contributed by atoms with Gasteiger partial charge < -0.3 is 9.84 Å². The molecule has 0 saturated heterocycles. The molecule has 0 spiro atoms. The summed E-state index contributed by atoms with van der Waals surface area (Å²) in [5.41, 5.74) is 0. The summed E-state index contributed by atoms with van der Waals surface area (Å²) in [7, 11) is 0. The second-order valence-corrected chi connectivity index (χ2v) is 12.2. The minimum absolute atomic E-state index is 0.146. The summed E-state index contributed by atoms with van der Waals surface area (Å²) in [5, 5.41) is 9.03. The lowest BCUT2D eigenvalue weighted by Gasteiger charge is -2.13. The summed E-state index contributed by atoms with van der Waals surface area (Å²) in [4.78, 5) is 23.0. The molecule has 1 unspecified atom stereocenters. The SMILES string of the molecule is C=CCOC(=O)C(CCCCCCCCCCCCCCCCCC/C=C/CCCCCCCCCC)CC(=O)O. The molecule has 0 radical (unpaired) electrons. The van der Waals surface area contributed by atoms with Crippen molar-refractivity contribution in [3.63, 3.8) is 0 Å². The molecular weight excluding hydrogens is 508 g/mol. The average Bonchev–Trinajstić information content (AvgIpc) is 2.96. The van der Waals surface area contributed by atoms with Crippen LogP contribution in [0.25, 0.3) is 0 Å². The molecule has 0 aliphatic rings. The number of allylic oxidation sites excluding steroid dienone is 2. The molecule has 4 nitrogen and oxygen atoms in total. The van der Waals surface area contributed by atoms with Crippen molar-refractivity contribution in [3.8, 4) is 0 Å². The highest BCUT2D eigenvalue weighted by Crippen LogP contribution is 2.18. The van der Waals surface area contributed by atoms with Crippen LogP contribution in [-0.2, 0) is 14.3 Å². The third-order valence-electron chi connectivity index (χ3n) is 8.16. The first-order valence-electron chi connectivity index (χ1n) is 17.8. The second kappa shape index (κ2) is 32.9. The van der Waals surface area contributed by atoms with E-state index < -0.39 is 17.9 Å². The zero-order valence-electron chi connectivity index (χ0n) is 27.2. The molecule has 4 heteroatoms. The third kappa shape index (κ3) is 31.2. The molecule has 41 heavy (non-hydrogen) atoms. The van der Waals surface area contributed by atoms with E-state index in [0.29, 0.717) is 6.42 Å². The molecule has 0 aliphatic carbocycles. The molecule has 0 fully saturated rings. The third-order valence-corrected chi connectivity index (χ3v) is 8.16. The largest absolute Gasteiger partial charge is 0.481 e. The summed E-state index contributed by atoms with van der Waals surface area (Å²) in [5.74, 6) is -1.88. The van der Waals surface area contributed by atoms with Crippen LogP contribution in [0.2, 0.25) is 0 Å². The predicted molar refractivity (Wildman–Crippen MR) is 176 cm³/mol. The predicted octanol–water partition coefficient (Wildman–Crippen LogP) is 11.9. The highest BCUT2D eigenvalue weighted by atomic mass is 16.5. The maximum absolute atomic E-state index is 12.0. The fourth-order valence-electron chi connectivity index (χ4n) is 5.53. The molecular formula is C37H68O4. The minimum Gasteiger partial charge on any atom is -0.481 e. The first-order chi connectivity index (χ1) is 20.1. The van der Waals surface area contributed by atoms with Crippen LogP contribution < -0.4 is 0 Å². The average molecular weight is 577 g/mol. The number of hydrogen-bond acceptors (Lipinski definition) is 3. The molecule has 0 aliphatic heterocycles. The van der Waals surface area contributed by atoms with Crippen molar-refractivity contribution >= 4 is 11.9 Å². The van der Waals surface area contributed by atoms with Gasteiger partial charge in [0.15, 0.2) is 0 Å². The van der Waals surface area contributed by atoms with Gasteiger partial charge >= 0.3 is 11.9 Å². The lowest BCUT2D eigenvalue weighted by molar-refractivity contribution is -0.152. The Morgan fingerprint density at radius 2 is 0.976 bits per heavy atom. The quantitative estimate of drug-likeness (QED) is 0.0479. The summed E-state index contributed by atoms with van der Waals surface area (Å²) in [6.45, 7) is 5.96. The molecule has 1 atom stereocenters. The van der Waals surface area contributed by atoms with Crippen molar-refractivity contribution < 1.29 is 19.4 Å². The first kappa shape index (κ1) is 39.4. The number of esters is 1. The van der Waals surface area contributed by atoms with Crippen LogP contribution in [0.3, 0.4) is 0 Å². The highest BCUT2D eigenvalue weighted by Gasteiger charge is 2.22. The number of carboxylic acid groups (broad SMARTS) is 1. The van der Waals surface area contributed by atoms with Gasteiger partial charge in [-0.25, -0.2) is 0 Å². The van der Waals surface area contributed by atoms with E-state index >= 15 is 0 Å². The molecule has 0 aromatic heterocycles. The molecule has 1 N–H and O–H groups in total. The minimum atomic E-state index is -0.941. The van der Waals surface area contributed by atoms with Crippen LogP contribution in [0.1, 0.15) is 187 Å². The highest BCUT2D eigenvalue weighted by molar-refractivity contribution is 5.79. The van der Waals surface area contributed by atoms with Gasteiger partial charge in [-0.3, -0.25) is 9.59 Å². The summed E-state index contributed by atoms with van der Waals surface area (Å²) < 4.78 is 5.05. The first-order valence-corrected chi connectivity index (χ1v) is 17.8. The lowest BCUT2D eigenvalue weighted by atomic mass is 9.97. The lowest BCUT2D eigenvalue weighted by Crippen LogP contribution is -2.21. The van der Waals surface area contributed by atoms with Crippen molar-refractivity contribution in [1.29, 1.82) is 0 Å². The molecule has 0 saturated carbocycles. The number of ether oxygens (including phenoxy) is 1. The fraction of sp³-hybridized carbons (Fsp3) is 0.838. The van der Waals surface area contributed by atoms with Crippen LogP contribution in [0.4, 0.5) is 0 Å². The molecule has 240 valence electrons. The van der Waals surface area contributed by atoms with Crippen molar-refractivity contribution in [1.82, 2.24) is 0 Å². The molecule has 0 aromatic carbocycles. The molecule has 0 rings (SSSR count). The van der Waals surface area contributed by atoms with Crippen molar-refractivity contribution in [2.24, 2.45) is 5.92 Å². The summed E-state index contributed by atoms with van der Waals surface area (Å²) in [6.07, 6.45) is 41.5. The van der Waals surface area contributed by atoms with E-state index in [9.17, 15) is 9.59 Å². The Morgan fingerprint density at radius 1 is 0.610 bits per heavy atom. The van der Waals surface area contributed by atoms with Crippen molar-refractivity contribution in [2.75, 3.05) is 6.61 Å². The van der Waals surface area contributed by atoms with E-state index in [1.54, 1.807) is 0 Å². The maximum Gasteiger partial charge on any atom is 0.309 e. The Balaban J connectivity index is 3.33. The maximum atomic E-state index is 12.0. The molecule has 0 bridgehead atoms. The monoisotopic (exact) mass is 577 g/mol. The Labute approximate surface area is 255 Å². The van der Waals surface area contributed by atoms with Crippen LogP contribution in [0.15, 0.2) is 24.8 Å². The zero-order valence-corrected chi connectivity index (χ0v) is 27.2. The van der Waals surface area contributed by atoms with Gasteiger partial charge in [-0.05, 0) is 32.1 Å². The summed E-state index contributed by atoms with van der Waals surface area (Å²) in [6, 6.07) is 0. The van der Waals surface area contributed by atoms with Crippen molar-refractivity contribution in [2.45, 2.75) is 187 Å². The zero-order chi connectivity index (χ0) is 30.1. The molecule has 0 amide bonds. The standard InChI is InChI=1S/C37H68O4/c1-3-5-6-7-8-9-10-11-12-13-14-15-16-17-18-19-20-21-22-23-24-25-26-27-28-29-30-31-32-35(34-36(38)39)37(40)41-33-4-2/h4,13-14,35H,2-3,5-12,15-34H2,1H3,(H,38,39)/b14-13+. The van der Waals surface area contributed by atoms with E-state index in [4.69, 9.17) is 9.84 Å². The smallest absolute Gasteiger partial charge is 0.309 e. The number of carbonyl (C=O) groups excluding carboxylic acids is 1. The number of hydrogen-bond donors (Lipinski definition) is 1. The van der Waals surface area contributed by atoms with Gasteiger partial charge in [-0.2, -0.15) is 0 Å². The normalized spacial score (nSPS) is 12.1.